The first-order valence-corrected chi connectivity index (χ1v) is 7.60. The molecule has 2 amide bonds. The number of phenolic OH excluding ortho intramolecular Hbond substituents is 1. The maximum Gasteiger partial charge on any atom is 0.248 e. The molecule has 0 aromatic heterocycles. The second kappa shape index (κ2) is 5.85. The predicted molar refractivity (Wildman–Crippen MR) is 93.9 cm³/mol. The summed E-state index contributed by atoms with van der Waals surface area (Å²) in [6, 6.07) is 11.9. The Morgan fingerprint density at radius 2 is 1.88 bits per heavy atom. The van der Waals surface area contributed by atoms with Crippen LogP contribution in [0.4, 0.5) is 11.4 Å². The van der Waals surface area contributed by atoms with E-state index in [9.17, 15) is 14.7 Å². The van der Waals surface area contributed by atoms with Gasteiger partial charge in [0.1, 0.15) is 5.75 Å². The number of hydrogen-bond donors (Lipinski definition) is 3. The second-order valence-electron chi connectivity index (χ2n) is 6.25. The lowest BCUT2D eigenvalue weighted by atomic mass is 9.86. The van der Waals surface area contributed by atoms with Gasteiger partial charge in [-0.15, -0.1) is 0 Å². The van der Waals surface area contributed by atoms with E-state index < -0.39 is 5.41 Å². The number of fused-ring (bicyclic) bond motifs is 1. The van der Waals surface area contributed by atoms with E-state index in [1.54, 1.807) is 42.5 Å². The van der Waals surface area contributed by atoms with Crippen molar-refractivity contribution in [3.63, 3.8) is 0 Å². The summed E-state index contributed by atoms with van der Waals surface area (Å²) >= 11 is 0. The van der Waals surface area contributed by atoms with Crippen LogP contribution in [-0.4, -0.2) is 16.9 Å². The van der Waals surface area contributed by atoms with Crippen molar-refractivity contribution in [1.82, 2.24) is 0 Å². The lowest BCUT2D eigenvalue weighted by Crippen LogP contribution is -2.26. The summed E-state index contributed by atoms with van der Waals surface area (Å²) in [5, 5.41) is 14.8. The molecule has 1 heterocycles. The zero-order valence-electron chi connectivity index (χ0n) is 13.5. The van der Waals surface area contributed by atoms with Crippen molar-refractivity contribution in [1.29, 1.82) is 0 Å². The monoisotopic (exact) mass is 322 g/mol. The summed E-state index contributed by atoms with van der Waals surface area (Å²) in [7, 11) is 0. The Bertz CT molecular complexity index is 836. The van der Waals surface area contributed by atoms with E-state index in [4.69, 9.17) is 0 Å². The van der Waals surface area contributed by atoms with Gasteiger partial charge in [0.05, 0.1) is 5.41 Å². The minimum atomic E-state index is -0.559. The van der Waals surface area contributed by atoms with Crippen LogP contribution in [0.25, 0.3) is 6.08 Å². The van der Waals surface area contributed by atoms with Crippen LogP contribution >= 0.6 is 0 Å². The van der Waals surface area contributed by atoms with Crippen molar-refractivity contribution in [2.75, 3.05) is 10.6 Å². The lowest BCUT2D eigenvalue weighted by molar-refractivity contribution is -0.119. The minimum absolute atomic E-state index is 0.0480. The molecule has 2 aromatic rings. The zero-order chi connectivity index (χ0) is 17.3. The normalized spacial score (nSPS) is 15.2. The van der Waals surface area contributed by atoms with Gasteiger partial charge >= 0.3 is 0 Å². The Morgan fingerprint density at radius 1 is 1.17 bits per heavy atom. The van der Waals surface area contributed by atoms with Crippen molar-refractivity contribution < 1.29 is 14.7 Å². The molecule has 3 rings (SSSR count). The number of rotatable bonds is 3. The number of hydrogen-bond acceptors (Lipinski definition) is 3. The van der Waals surface area contributed by atoms with Gasteiger partial charge in [0.25, 0.3) is 0 Å². The molecule has 1 aliphatic rings. The smallest absolute Gasteiger partial charge is 0.248 e. The van der Waals surface area contributed by atoms with Crippen molar-refractivity contribution in [3.8, 4) is 5.75 Å². The number of carbonyl (C=O) groups excluding carboxylic acids is 2. The Morgan fingerprint density at radius 3 is 2.58 bits per heavy atom. The molecule has 0 saturated heterocycles. The summed E-state index contributed by atoms with van der Waals surface area (Å²) in [4.78, 5) is 24.0. The van der Waals surface area contributed by atoms with Crippen molar-refractivity contribution in [3.05, 3.63) is 59.7 Å². The number of amides is 2. The first kappa shape index (κ1) is 15.8. The zero-order valence-corrected chi connectivity index (χ0v) is 13.5. The fraction of sp³-hybridized carbons (Fsp3) is 0.158. The first-order chi connectivity index (χ1) is 11.4. The highest BCUT2D eigenvalue weighted by Gasteiger charge is 2.38. The molecule has 3 N–H and O–H groups in total. The standard InChI is InChI=1S/C19H18N2O3/c1-19(2)15-9-6-13(11-16(15)21-18(19)24)20-17(23)10-5-12-3-7-14(22)8-4-12/h3-11,22H,1-2H3,(H,20,23)(H,21,24). The second-order valence-corrected chi connectivity index (χ2v) is 6.25. The van der Waals surface area contributed by atoms with Gasteiger partial charge in [-0.05, 0) is 55.3 Å². The Kier molecular flexibility index (Phi) is 3.85. The molecule has 0 aliphatic carbocycles. The third kappa shape index (κ3) is 3.01. The van der Waals surface area contributed by atoms with Gasteiger partial charge in [-0.1, -0.05) is 18.2 Å². The molecule has 0 radical (unpaired) electrons. The van der Waals surface area contributed by atoms with E-state index in [1.807, 2.05) is 19.9 Å². The van der Waals surface area contributed by atoms with Gasteiger partial charge in [0.2, 0.25) is 11.8 Å². The van der Waals surface area contributed by atoms with E-state index in [-0.39, 0.29) is 17.6 Å². The van der Waals surface area contributed by atoms with Crippen molar-refractivity contribution in [2.24, 2.45) is 0 Å². The summed E-state index contributed by atoms with van der Waals surface area (Å²) < 4.78 is 0. The first-order valence-electron chi connectivity index (χ1n) is 7.60. The van der Waals surface area contributed by atoms with Crippen LogP contribution in [-0.2, 0) is 15.0 Å². The van der Waals surface area contributed by atoms with E-state index in [0.29, 0.717) is 5.69 Å². The molecule has 0 fully saturated rings. The van der Waals surface area contributed by atoms with Crippen LogP contribution in [0.3, 0.4) is 0 Å². The molecule has 0 bridgehead atoms. The molecule has 0 saturated carbocycles. The maximum atomic E-state index is 12.0. The molecule has 2 aromatic carbocycles. The highest BCUT2D eigenvalue weighted by molar-refractivity contribution is 6.07. The third-order valence-electron chi connectivity index (χ3n) is 4.10. The van der Waals surface area contributed by atoms with Crippen LogP contribution < -0.4 is 10.6 Å². The van der Waals surface area contributed by atoms with Gasteiger partial charge in [-0.2, -0.15) is 0 Å². The fourth-order valence-electron chi connectivity index (χ4n) is 2.61. The van der Waals surface area contributed by atoms with E-state index in [2.05, 4.69) is 10.6 Å². The fourth-order valence-corrected chi connectivity index (χ4v) is 2.61. The summed E-state index contributed by atoms with van der Waals surface area (Å²) in [6.07, 6.45) is 3.08. The SMILES string of the molecule is CC1(C)C(=O)Nc2cc(NC(=O)C=Cc3ccc(O)cc3)ccc21. The van der Waals surface area contributed by atoms with Gasteiger partial charge in [0.15, 0.2) is 0 Å². The number of nitrogens with one attached hydrogen (secondary N) is 2. The van der Waals surface area contributed by atoms with Crippen LogP contribution in [0.5, 0.6) is 5.75 Å². The summed E-state index contributed by atoms with van der Waals surface area (Å²) in [6.45, 7) is 3.74. The molecular formula is C19H18N2O3. The third-order valence-corrected chi connectivity index (χ3v) is 4.10. The topological polar surface area (TPSA) is 78.4 Å². The average Bonchev–Trinajstić information content (AvgIpc) is 2.76. The number of carbonyl (C=O) groups is 2. The number of benzene rings is 2. The molecule has 24 heavy (non-hydrogen) atoms. The van der Waals surface area contributed by atoms with E-state index >= 15 is 0 Å². The number of anilines is 2. The molecule has 122 valence electrons. The highest BCUT2D eigenvalue weighted by Crippen LogP contribution is 2.38. The summed E-state index contributed by atoms with van der Waals surface area (Å²) in [5.74, 6) is -0.139. The quantitative estimate of drug-likeness (QED) is 0.759. The molecule has 1 aliphatic heterocycles. The number of aromatic hydroxyl groups is 1. The predicted octanol–water partition coefficient (Wildman–Crippen LogP) is 3.27. The Hall–Kier alpha value is -3.08. The Labute approximate surface area is 140 Å². The van der Waals surface area contributed by atoms with Crippen LogP contribution in [0, 0.1) is 0 Å². The summed E-state index contributed by atoms with van der Waals surface area (Å²) in [5.41, 5.74) is 2.52. The molecule has 0 spiro atoms. The number of phenols is 1. The Balaban J connectivity index is 1.71. The van der Waals surface area contributed by atoms with Crippen molar-refractivity contribution in [2.45, 2.75) is 19.3 Å². The van der Waals surface area contributed by atoms with Gasteiger partial charge in [-0.25, -0.2) is 0 Å². The highest BCUT2D eigenvalue weighted by atomic mass is 16.3. The minimum Gasteiger partial charge on any atom is -0.508 e. The largest absolute Gasteiger partial charge is 0.508 e. The molecular weight excluding hydrogens is 304 g/mol. The molecule has 0 unspecified atom stereocenters. The van der Waals surface area contributed by atoms with Crippen LogP contribution in [0.2, 0.25) is 0 Å². The van der Waals surface area contributed by atoms with Gasteiger partial charge in [0, 0.05) is 17.5 Å². The van der Waals surface area contributed by atoms with Crippen LogP contribution in [0.1, 0.15) is 25.0 Å². The molecule has 5 nitrogen and oxygen atoms in total. The van der Waals surface area contributed by atoms with E-state index in [1.165, 1.54) is 6.08 Å². The van der Waals surface area contributed by atoms with Crippen molar-refractivity contribution >= 4 is 29.3 Å². The van der Waals surface area contributed by atoms with Gasteiger partial charge in [-0.3, -0.25) is 9.59 Å². The molecule has 0 atom stereocenters. The lowest BCUT2D eigenvalue weighted by Gasteiger charge is -2.15. The van der Waals surface area contributed by atoms with Gasteiger partial charge < -0.3 is 15.7 Å². The average molecular weight is 322 g/mol. The van der Waals surface area contributed by atoms with Crippen LogP contribution in [0.15, 0.2) is 48.5 Å². The van der Waals surface area contributed by atoms with E-state index in [0.717, 1.165) is 16.8 Å². The molecule has 5 heteroatoms. The maximum absolute atomic E-state index is 12.0.